The predicted octanol–water partition coefficient (Wildman–Crippen LogP) is 3.11. The monoisotopic (exact) mass is 257 g/mol. The third-order valence-electron chi connectivity index (χ3n) is 3.66. The van der Waals surface area contributed by atoms with E-state index in [0.717, 1.165) is 24.4 Å². The van der Waals surface area contributed by atoms with Crippen molar-refractivity contribution in [3.05, 3.63) is 36.0 Å². The van der Waals surface area contributed by atoms with Crippen molar-refractivity contribution in [3.8, 4) is 11.4 Å². The van der Waals surface area contributed by atoms with Gasteiger partial charge < -0.3 is 9.73 Å². The Morgan fingerprint density at radius 1 is 1.42 bits per heavy atom. The van der Waals surface area contributed by atoms with E-state index in [-0.39, 0.29) is 0 Å². The number of hydrogen-bond acceptors (Lipinski definition) is 4. The smallest absolute Gasteiger partial charge is 0.162 e. The Morgan fingerprint density at radius 2 is 2.37 bits per heavy atom. The van der Waals surface area contributed by atoms with Gasteiger partial charge in [-0.15, -0.1) is 0 Å². The Labute approximate surface area is 113 Å². The Morgan fingerprint density at radius 3 is 3.16 bits per heavy atom. The van der Waals surface area contributed by atoms with Gasteiger partial charge >= 0.3 is 0 Å². The highest BCUT2D eigenvalue weighted by Gasteiger charge is 2.20. The second kappa shape index (κ2) is 5.53. The first-order valence-electron chi connectivity index (χ1n) is 7.00. The third kappa shape index (κ3) is 2.54. The molecular weight excluding hydrogens is 238 g/mol. The zero-order valence-electron chi connectivity index (χ0n) is 11.2. The van der Waals surface area contributed by atoms with E-state index in [0.29, 0.717) is 6.04 Å². The highest BCUT2D eigenvalue weighted by atomic mass is 16.3. The largest absolute Gasteiger partial charge is 0.472 e. The molecule has 1 aliphatic rings. The highest BCUT2D eigenvalue weighted by molar-refractivity contribution is 5.53. The van der Waals surface area contributed by atoms with Gasteiger partial charge in [0.2, 0.25) is 0 Å². The molecule has 2 aromatic heterocycles. The van der Waals surface area contributed by atoms with Crippen LogP contribution in [0, 0.1) is 0 Å². The van der Waals surface area contributed by atoms with Gasteiger partial charge in [0.05, 0.1) is 11.8 Å². The number of rotatable bonds is 3. The summed E-state index contributed by atoms with van der Waals surface area (Å²) in [5.41, 5.74) is 3.41. The minimum atomic E-state index is 0.404. The van der Waals surface area contributed by atoms with E-state index in [1.165, 1.54) is 30.5 Å². The van der Waals surface area contributed by atoms with Gasteiger partial charge in [-0.3, -0.25) is 0 Å². The van der Waals surface area contributed by atoms with E-state index in [2.05, 4.69) is 17.2 Å². The summed E-state index contributed by atoms with van der Waals surface area (Å²) in [5, 5.41) is 3.54. The normalized spacial score (nSPS) is 18.9. The highest BCUT2D eigenvalue weighted by Crippen LogP contribution is 2.28. The molecule has 2 heterocycles. The molecule has 0 bridgehead atoms. The minimum absolute atomic E-state index is 0.404. The van der Waals surface area contributed by atoms with Crippen LogP contribution < -0.4 is 5.32 Å². The average Bonchev–Trinajstić information content (AvgIpc) is 2.89. The lowest BCUT2D eigenvalue weighted by molar-refractivity contribution is 0.502. The van der Waals surface area contributed by atoms with Crippen LogP contribution in [-0.4, -0.2) is 16.5 Å². The second-order valence-electron chi connectivity index (χ2n) is 4.96. The van der Waals surface area contributed by atoms with Gasteiger partial charge in [0.15, 0.2) is 5.82 Å². The van der Waals surface area contributed by atoms with Gasteiger partial charge in [-0.1, -0.05) is 13.3 Å². The topological polar surface area (TPSA) is 51.0 Å². The lowest BCUT2D eigenvalue weighted by Gasteiger charge is -2.17. The van der Waals surface area contributed by atoms with Crippen LogP contribution in [0.3, 0.4) is 0 Å². The maximum Gasteiger partial charge on any atom is 0.162 e. The SMILES string of the molecule is CCNC1CCCCc2nc(-c3ccoc3)ncc21. The van der Waals surface area contributed by atoms with Gasteiger partial charge in [-0.2, -0.15) is 0 Å². The molecule has 100 valence electrons. The molecule has 4 heteroatoms. The molecule has 0 saturated heterocycles. The van der Waals surface area contributed by atoms with Gasteiger partial charge in [0.25, 0.3) is 0 Å². The molecule has 2 aromatic rings. The molecule has 0 radical (unpaired) electrons. The number of aromatic nitrogens is 2. The van der Waals surface area contributed by atoms with E-state index < -0.39 is 0 Å². The first-order chi connectivity index (χ1) is 9.38. The number of furan rings is 1. The van der Waals surface area contributed by atoms with E-state index >= 15 is 0 Å². The molecule has 0 amide bonds. The third-order valence-corrected chi connectivity index (χ3v) is 3.66. The van der Waals surface area contributed by atoms with E-state index in [1.807, 2.05) is 12.3 Å². The molecule has 1 atom stereocenters. The number of fused-ring (bicyclic) bond motifs is 1. The minimum Gasteiger partial charge on any atom is -0.472 e. The maximum absolute atomic E-state index is 5.11. The van der Waals surface area contributed by atoms with Crippen molar-refractivity contribution in [2.45, 2.75) is 38.6 Å². The van der Waals surface area contributed by atoms with Crippen LogP contribution in [0.25, 0.3) is 11.4 Å². The van der Waals surface area contributed by atoms with Crippen LogP contribution in [0.1, 0.15) is 43.5 Å². The van der Waals surface area contributed by atoms with E-state index in [9.17, 15) is 0 Å². The van der Waals surface area contributed by atoms with Crippen LogP contribution in [-0.2, 0) is 6.42 Å². The zero-order valence-corrected chi connectivity index (χ0v) is 11.2. The van der Waals surface area contributed by atoms with Crippen LogP contribution in [0.4, 0.5) is 0 Å². The van der Waals surface area contributed by atoms with E-state index in [1.54, 1.807) is 12.5 Å². The quantitative estimate of drug-likeness (QED) is 0.858. The first-order valence-corrected chi connectivity index (χ1v) is 7.00. The number of hydrogen-bond donors (Lipinski definition) is 1. The first kappa shape index (κ1) is 12.4. The lowest BCUT2D eigenvalue weighted by Crippen LogP contribution is -2.21. The van der Waals surface area contributed by atoms with Crippen molar-refractivity contribution in [2.75, 3.05) is 6.54 Å². The fourth-order valence-corrected chi connectivity index (χ4v) is 2.70. The van der Waals surface area contributed by atoms with Crippen LogP contribution >= 0.6 is 0 Å². The van der Waals surface area contributed by atoms with Crippen LogP contribution in [0.5, 0.6) is 0 Å². The molecule has 0 saturated carbocycles. The van der Waals surface area contributed by atoms with E-state index in [4.69, 9.17) is 9.40 Å². The summed E-state index contributed by atoms with van der Waals surface area (Å²) in [4.78, 5) is 9.23. The molecule has 1 aliphatic carbocycles. The van der Waals surface area contributed by atoms with Crippen LogP contribution in [0.2, 0.25) is 0 Å². The second-order valence-corrected chi connectivity index (χ2v) is 4.96. The maximum atomic E-state index is 5.11. The van der Waals surface area contributed by atoms with Gasteiger partial charge in [-0.05, 0) is 31.9 Å². The molecule has 1 N–H and O–H groups in total. The number of nitrogens with zero attached hydrogens (tertiary/aromatic N) is 2. The van der Waals surface area contributed by atoms with Gasteiger partial charge in [0, 0.05) is 23.5 Å². The summed E-state index contributed by atoms with van der Waals surface area (Å²) in [6, 6.07) is 2.31. The average molecular weight is 257 g/mol. The Balaban J connectivity index is 1.97. The Kier molecular flexibility index (Phi) is 3.60. The lowest BCUT2D eigenvalue weighted by atomic mass is 10.0. The van der Waals surface area contributed by atoms with Crippen molar-refractivity contribution in [3.63, 3.8) is 0 Å². The number of aryl methyl sites for hydroxylation is 1. The van der Waals surface area contributed by atoms with Crippen molar-refractivity contribution in [1.82, 2.24) is 15.3 Å². The zero-order chi connectivity index (χ0) is 13.1. The van der Waals surface area contributed by atoms with Crippen molar-refractivity contribution >= 4 is 0 Å². The summed E-state index contributed by atoms with van der Waals surface area (Å²) in [6.45, 7) is 3.12. The van der Waals surface area contributed by atoms with Crippen molar-refractivity contribution < 1.29 is 4.42 Å². The predicted molar refractivity (Wildman–Crippen MR) is 73.7 cm³/mol. The molecule has 0 aliphatic heterocycles. The molecular formula is C15H19N3O. The molecule has 1 unspecified atom stereocenters. The fourth-order valence-electron chi connectivity index (χ4n) is 2.70. The molecule has 0 aromatic carbocycles. The molecule has 3 rings (SSSR count). The standard InChI is InChI=1S/C15H19N3O/c1-2-16-13-5-3-4-6-14-12(13)9-17-15(18-14)11-7-8-19-10-11/h7-10,13,16H,2-6H2,1H3. The Hall–Kier alpha value is -1.68. The van der Waals surface area contributed by atoms with Gasteiger partial charge in [0.1, 0.15) is 6.26 Å². The Bertz CT molecular complexity index is 536. The summed E-state index contributed by atoms with van der Waals surface area (Å²) >= 11 is 0. The molecule has 4 nitrogen and oxygen atoms in total. The molecule has 0 fully saturated rings. The fraction of sp³-hybridized carbons (Fsp3) is 0.467. The number of nitrogens with one attached hydrogen (secondary N) is 1. The van der Waals surface area contributed by atoms with Gasteiger partial charge in [-0.25, -0.2) is 9.97 Å². The summed E-state index contributed by atoms with van der Waals surface area (Å²) in [6.07, 6.45) is 10.0. The van der Waals surface area contributed by atoms with Crippen LogP contribution in [0.15, 0.2) is 29.2 Å². The molecule has 19 heavy (non-hydrogen) atoms. The summed E-state index contributed by atoms with van der Waals surface area (Å²) < 4.78 is 5.11. The summed E-state index contributed by atoms with van der Waals surface area (Å²) in [7, 11) is 0. The van der Waals surface area contributed by atoms with Crippen molar-refractivity contribution in [1.29, 1.82) is 0 Å². The summed E-state index contributed by atoms with van der Waals surface area (Å²) in [5.74, 6) is 0.768. The van der Waals surface area contributed by atoms with Crippen molar-refractivity contribution in [2.24, 2.45) is 0 Å². The molecule has 0 spiro atoms.